The van der Waals surface area contributed by atoms with E-state index in [1.165, 1.54) is 42.8 Å². The highest BCUT2D eigenvalue weighted by Gasteiger charge is 2.31. The van der Waals surface area contributed by atoms with Crippen LogP contribution in [0.15, 0.2) is 59.5 Å². The van der Waals surface area contributed by atoms with Gasteiger partial charge in [0.05, 0.1) is 5.56 Å². The largest absolute Gasteiger partial charge is 0.406 e. The predicted octanol–water partition coefficient (Wildman–Crippen LogP) is 8.52. The van der Waals surface area contributed by atoms with Crippen molar-refractivity contribution < 1.29 is 17.6 Å². The van der Waals surface area contributed by atoms with E-state index in [1.54, 1.807) is 6.07 Å². The fourth-order valence-electron chi connectivity index (χ4n) is 5.91. The Balaban J connectivity index is 1.34. The molecule has 1 unspecified atom stereocenters. The summed E-state index contributed by atoms with van der Waals surface area (Å²) in [6.07, 6.45) is 4.38. The number of alkyl halides is 3. The number of pyridine rings is 1. The molecule has 2 fully saturated rings. The molecule has 1 saturated heterocycles. The molecule has 2 aromatic carbocycles. The Kier molecular flexibility index (Phi) is 7.76. The summed E-state index contributed by atoms with van der Waals surface area (Å²) in [5.41, 5.74) is 1.44. The van der Waals surface area contributed by atoms with Gasteiger partial charge in [0, 0.05) is 28.1 Å². The van der Waals surface area contributed by atoms with Crippen molar-refractivity contribution in [3.8, 4) is 11.1 Å². The molecule has 1 aliphatic heterocycles. The molecule has 1 saturated carbocycles. The molecule has 10 heteroatoms. The van der Waals surface area contributed by atoms with Gasteiger partial charge in [-0.05, 0) is 72.7 Å². The van der Waals surface area contributed by atoms with Crippen LogP contribution < -0.4 is 10.9 Å². The first-order valence-electron chi connectivity index (χ1n) is 14.0. The van der Waals surface area contributed by atoms with Crippen LogP contribution in [0.2, 0.25) is 0 Å². The molecule has 1 aliphatic carbocycles. The van der Waals surface area contributed by atoms with Crippen LogP contribution in [0.1, 0.15) is 67.2 Å². The molecule has 0 spiro atoms. The Morgan fingerprint density at radius 2 is 1.66 bits per heavy atom. The Hall–Kier alpha value is -3.40. The van der Waals surface area contributed by atoms with Gasteiger partial charge in [0.25, 0.3) is 5.56 Å². The van der Waals surface area contributed by atoms with Gasteiger partial charge in [0.15, 0.2) is 0 Å². The maximum Gasteiger partial charge on any atom is 0.406 e. The number of nitrogens with one attached hydrogen (secondary N) is 1. The molecule has 214 valence electrons. The second-order valence-electron chi connectivity index (χ2n) is 10.9. The molecule has 1 atom stereocenters. The molecule has 3 heterocycles. The maximum atomic E-state index is 15.3. The number of thioether (sulfide) groups is 1. The number of fused-ring (bicyclic) bond motifs is 1. The summed E-state index contributed by atoms with van der Waals surface area (Å²) in [5.74, 6) is 0.847. The number of halogens is 4. The highest BCUT2D eigenvalue weighted by Crippen LogP contribution is 2.39. The zero-order chi connectivity index (χ0) is 28.6. The van der Waals surface area contributed by atoms with E-state index in [0.717, 1.165) is 43.4 Å². The van der Waals surface area contributed by atoms with Gasteiger partial charge in [-0.25, -0.2) is 9.37 Å². The van der Waals surface area contributed by atoms with Crippen molar-refractivity contribution in [3.05, 3.63) is 82.0 Å². The first kappa shape index (κ1) is 27.8. The molecule has 4 aromatic rings. The minimum atomic E-state index is -4.69. The van der Waals surface area contributed by atoms with Crippen LogP contribution in [0, 0.1) is 5.82 Å². The lowest BCUT2D eigenvalue weighted by Crippen LogP contribution is -2.30. The Morgan fingerprint density at radius 3 is 2.34 bits per heavy atom. The van der Waals surface area contributed by atoms with E-state index in [0.29, 0.717) is 15.5 Å². The predicted molar refractivity (Wildman–Crippen MR) is 155 cm³/mol. The lowest BCUT2D eigenvalue weighted by molar-refractivity contribution is -0.140. The Labute approximate surface area is 239 Å². The van der Waals surface area contributed by atoms with Crippen molar-refractivity contribution in [1.82, 2.24) is 14.5 Å². The fourth-order valence-corrected chi connectivity index (χ4v) is 7.25. The lowest BCUT2D eigenvalue weighted by atomic mass is 9.95. The first-order valence-corrected chi connectivity index (χ1v) is 15.1. The summed E-state index contributed by atoms with van der Waals surface area (Å²) >= 11 is 1.95. The number of anilines is 2. The number of hydrogen-bond acceptors (Lipinski definition) is 5. The van der Waals surface area contributed by atoms with Gasteiger partial charge in [0.2, 0.25) is 5.95 Å². The van der Waals surface area contributed by atoms with Gasteiger partial charge in [-0.15, -0.1) is 0 Å². The monoisotopic (exact) mass is 582 g/mol. The molecular weight excluding hydrogens is 552 g/mol. The third kappa shape index (κ3) is 6.12. The summed E-state index contributed by atoms with van der Waals surface area (Å²) in [6.45, 7) is -1.55. The number of nitrogens with zero attached hydrogens (tertiary/aromatic N) is 3. The lowest BCUT2D eigenvalue weighted by Gasteiger charge is -2.21. The Bertz CT molecular complexity index is 1610. The average molecular weight is 583 g/mol. The summed E-state index contributed by atoms with van der Waals surface area (Å²) in [6, 6.07) is 13.9. The van der Waals surface area contributed by atoms with E-state index < -0.39 is 24.1 Å². The van der Waals surface area contributed by atoms with Crippen molar-refractivity contribution in [1.29, 1.82) is 0 Å². The second-order valence-corrected chi connectivity index (χ2v) is 12.2. The van der Waals surface area contributed by atoms with E-state index in [4.69, 9.17) is 0 Å². The molecule has 6 rings (SSSR count). The first-order chi connectivity index (χ1) is 19.7. The fraction of sp³-hybridized carbons (Fsp3) is 0.387. The topological polar surface area (TPSA) is 59.8 Å². The number of rotatable bonds is 6. The third-order valence-electron chi connectivity index (χ3n) is 7.99. The summed E-state index contributed by atoms with van der Waals surface area (Å²) in [7, 11) is 0. The van der Waals surface area contributed by atoms with Gasteiger partial charge < -0.3 is 5.32 Å². The summed E-state index contributed by atoms with van der Waals surface area (Å²) in [5, 5.41) is 3.71. The minimum Gasteiger partial charge on any atom is -0.324 e. The van der Waals surface area contributed by atoms with Crippen molar-refractivity contribution in [3.63, 3.8) is 0 Å². The van der Waals surface area contributed by atoms with Gasteiger partial charge in [-0.1, -0.05) is 43.5 Å². The van der Waals surface area contributed by atoms with Crippen molar-refractivity contribution in [2.45, 2.75) is 68.8 Å². The van der Waals surface area contributed by atoms with E-state index in [-0.39, 0.29) is 34.0 Å². The molecule has 41 heavy (non-hydrogen) atoms. The number of aromatic nitrogens is 3. The van der Waals surface area contributed by atoms with Crippen molar-refractivity contribution in [2.24, 2.45) is 0 Å². The second kappa shape index (κ2) is 11.5. The van der Waals surface area contributed by atoms with E-state index in [9.17, 15) is 18.0 Å². The summed E-state index contributed by atoms with van der Waals surface area (Å²) in [4.78, 5) is 22.0. The van der Waals surface area contributed by atoms with Crippen molar-refractivity contribution in [2.75, 3.05) is 11.1 Å². The van der Waals surface area contributed by atoms with Crippen LogP contribution in [0.3, 0.4) is 0 Å². The molecule has 2 aromatic heterocycles. The highest BCUT2D eigenvalue weighted by molar-refractivity contribution is 7.99. The SMILES string of the molecule is O=c1c(-c2ccc(C3CCCC3)cc2F)cc2cnc(Nc3ccc(C4CCCCS4)cc3)nc2n1CC(F)(F)F. The average Bonchev–Trinajstić information content (AvgIpc) is 3.50. The van der Waals surface area contributed by atoms with Crippen LogP contribution in [-0.2, 0) is 6.54 Å². The van der Waals surface area contributed by atoms with Crippen LogP contribution in [0.4, 0.5) is 29.2 Å². The molecule has 0 bridgehead atoms. The van der Waals surface area contributed by atoms with Crippen LogP contribution in [0.25, 0.3) is 22.2 Å². The molecule has 5 nitrogen and oxygen atoms in total. The standard InChI is InChI=1S/C31H30F4N4OS/c32-26-16-21(19-5-1-2-6-19)10-13-24(26)25-15-22-17-36-30(38-28(22)39(29(25)40)18-31(33,34)35)37-23-11-8-20(9-12-23)27-7-3-4-14-41-27/h8-13,15-17,19,27H,1-7,14,18H2,(H,36,37,38). The van der Waals surface area contributed by atoms with Gasteiger partial charge in [0.1, 0.15) is 18.0 Å². The third-order valence-corrected chi connectivity index (χ3v) is 9.43. The van der Waals surface area contributed by atoms with Crippen molar-refractivity contribution >= 4 is 34.4 Å². The van der Waals surface area contributed by atoms with E-state index in [2.05, 4.69) is 15.3 Å². The molecule has 1 N–H and O–H groups in total. The van der Waals surface area contributed by atoms with Crippen LogP contribution >= 0.6 is 11.8 Å². The smallest absolute Gasteiger partial charge is 0.324 e. The molecule has 0 amide bonds. The van der Waals surface area contributed by atoms with Gasteiger partial charge >= 0.3 is 6.18 Å². The van der Waals surface area contributed by atoms with E-state index >= 15 is 4.39 Å². The molecular formula is C31H30F4N4OS. The summed E-state index contributed by atoms with van der Waals surface area (Å²) < 4.78 is 56.7. The molecule has 0 radical (unpaired) electrons. The van der Waals surface area contributed by atoms with E-state index in [1.807, 2.05) is 36.0 Å². The number of benzene rings is 2. The van der Waals surface area contributed by atoms with Gasteiger partial charge in [-0.2, -0.15) is 29.9 Å². The minimum absolute atomic E-state index is 0.0343. The van der Waals surface area contributed by atoms with Crippen LogP contribution in [-0.4, -0.2) is 26.5 Å². The zero-order valence-electron chi connectivity index (χ0n) is 22.4. The zero-order valence-corrected chi connectivity index (χ0v) is 23.2. The van der Waals surface area contributed by atoms with Crippen LogP contribution in [0.5, 0.6) is 0 Å². The quantitative estimate of drug-likeness (QED) is 0.231. The highest BCUT2D eigenvalue weighted by atomic mass is 32.2. The van der Waals surface area contributed by atoms with Gasteiger partial charge in [-0.3, -0.25) is 9.36 Å². The Morgan fingerprint density at radius 1 is 0.927 bits per heavy atom. The molecule has 2 aliphatic rings. The number of hydrogen-bond donors (Lipinski definition) is 1. The normalized spacial score (nSPS) is 18.2. The maximum absolute atomic E-state index is 15.3.